The number of likely N-dealkylation sites (N-methyl/N-ethyl adjacent to an activating group) is 1. The van der Waals surface area contributed by atoms with E-state index in [-0.39, 0.29) is 18.4 Å². The van der Waals surface area contributed by atoms with E-state index in [9.17, 15) is 9.59 Å². The molecule has 1 atom stereocenters. The maximum atomic E-state index is 12.1. The van der Waals surface area contributed by atoms with E-state index in [1.165, 1.54) is 0 Å². The highest BCUT2D eigenvalue weighted by molar-refractivity contribution is 5.74. The molecular formula is C15H30N2O4. The van der Waals surface area contributed by atoms with Gasteiger partial charge in [0, 0.05) is 32.7 Å². The van der Waals surface area contributed by atoms with E-state index in [0.717, 1.165) is 6.42 Å². The number of aliphatic carboxylic acids is 1. The average Bonchev–Trinajstić information content (AvgIpc) is 2.39. The lowest BCUT2D eigenvalue weighted by atomic mass is 9.94. The molecule has 0 aliphatic carbocycles. The van der Waals surface area contributed by atoms with E-state index in [2.05, 4.69) is 19.2 Å². The largest absolute Gasteiger partial charge is 0.481 e. The Bertz CT molecular complexity index is 308. The number of hydrogen-bond donors (Lipinski definition) is 2. The molecule has 0 unspecified atom stereocenters. The molecule has 0 bridgehead atoms. The Kier molecular flexibility index (Phi) is 10.7. The van der Waals surface area contributed by atoms with Crippen molar-refractivity contribution >= 4 is 12.0 Å². The number of amides is 2. The molecule has 0 heterocycles. The fraction of sp³-hybridized carbons (Fsp3) is 0.867. The van der Waals surface area contributed by atoms with E-state index >= 15 is 0 Å². The van der Waals surface area contributed by atoms with E-state index in [1.54, 1.807) is 4.90 Å². The summed E-state index contributed by atoms with van der Waals surface area (Å²) in [5.41, 5.74) is 0. The number of urea groups is 1. The summed E-state index contributed by atoms with van der Waals surface area (Å²) < 4.78 is 5.25. The van der Waals surface area contributed by atoms with Crippen LogP contribution in [0.25, 0.3) is 0 Å². The SMILES string of the molecule is CCOCCN(CC)C(=O)NC[C@H](CC(=O)O)CC(C)C. The third-order valence-electron chi connectivity index (χ3n) is 3.19. The second-order valence-corrected chi connectivity index (χ2v) is 5.56. The molecule has 0 aliphatic rings. The van der Waals surface area contributed by atoms with Gasteiger partial charge in [-0.25, -0.2) is 4.79 Å². The van der Waals surface area contributed by atoms with Gasteiger partial charge in [0.25, 0.3) is 0 Å². The minimum atomic E-state index is -0.821. The summed E-state index contributed by atoms with van der Waals surface area (Å²) in [5.74, 6) is -0.442. The Morgan fingerprint density at radius 1 is 1.29 bits per heavy atom. The summed E-state index contributed by atoms with van der Waals surface area (Å²) in [6, 6.07) is -0.156. The number of rotatable bonds is 11. The van der Waals surface area contributed by atoms with Crippen molar-refractivity contribution < 1.29 is 19.4 Å². The maximum Gasteiger partial charge on any atom is 0.317 e. The number of nitrogens with zero attached hydrogens (tertiary/aromatic N) is 1. The van der Waals surface area contributed by atoms with Crippen molar-refractivity contribution in [1.82, 2.24) is 10.2 Å². The number of carboxylic acid groups (broad SMARTS) is 1. The molecule has 0 aliphatic heterocycles. The van der Waals surface area contributed by atoms with Gasteiger partial charge in [-0.1, -0.05) is 13.8 Å². The molecule has 124 valence electrons. The zero-order chi connectivity index (χ0) is 16.3. The summed E-state index contributed by atoms with van der Waals surface area (Å²) in [4.78, 5) is 24.6. The first-order valence-electron chi connectivity index (χ1n) is 7.72. The quantitative estimate of drug-likeness (QED) is 0.573. The second kappa shape index (κ2) is 11.4. The molecule has 0 saturated carbocycles. The van der Waals surface area contributed by atoms with Gasteiger partial charge in [0.05, 0.1) is 6.61 Å². The van der Waals surface area contributed by atoms with Gasteiger partial charge in [-0.3, -0.25) is 4.79 Å². The van der Waals surface area contributed by atoms with Crippen molar-refractivity contribution in [2.24, 2.45) is 11.8 Å². The summed E-state index contributed by atoms with van der Waals surface area (Å²) in [6.45, 7) is 10.6. The lowest BCUT2D eigenvalue weighted by Gasteiger charge is -2.23. The molecular weight excluding hydrogens is 272 g/mol. The van der Waals surface area contributed by atoms with Crippen LogP contribution in [0.5, 0.6) is 0 Å². The van der Waals surface area contributed by atoms with Crippen molar-refractivity contribution in [2.45, 2.75) is 40.5 Å². The highest BCUT2D eigenvalue weighted by Crippen LogP contribution is 2.14. The molecule has 21 heavy (non-hydrogen) atoms. The Balaban J connectivity index is 4.27. The first-order chi connectivity index (χ1) is 9.90. The van der Waals surface area contributed by atoms with Crippen LogP contribution in [0.4, 0.5) is 4.79 Å². The summed E-state index contributed by atoms with van der Waals surface area (Å²) in [6.07, 6.45) is 0.876. The van der Waals surface area contributed by atoms with E-state index in [1.807, 2.05) is 13.8 Å². The molecule has 0 saturated heterocycles. The van der Waals surface area contributed by atoms with Crippen LogP contribution < -0.4 is 5.32 Å². The van der Waals surface area contributed by atoms with Crippen molar-refractivity contribution in [3.05, 3.63) is 0 Å². The van der Waals surface area contributed by atoms with Crippen LogP contribution in [0.15, 0.2) is 0 Å². The van der Waals surface area contributed by atoms with Crippen LogP contribution in [0.3, 0.4) is 0 Å². The van der Waals surface area contributed by atoms with Crippen LogP contribution in [-0.2, 0) is 9.53 Å². The summed E-state index contributed by atoms with van der Waals surface area (Å²) in [7, 11) is 0. The Hall–Kier alpha value is -1.30. The molecule has 0 aromatic heterocycles. The monoisotopic (exact) mass is 302 g/mol. The van der Waals surface area contributed by atoms with Crippen molar-refractivity contribution in [2.75, 3.05) is 32.8 Å². The third-order valence-corrected chi connectivity index (χ3v) is 3.19. The predicted molar refractivity (Wildman–Crippen MR) is 82.3 cm³/mol. The van der Waals surface area contributed by atoms with Gasteiger partial charge in [0.2, 0.25) is 0 Å². The fourth-order valence-corrected chi connectivity index (χ4v) is 2.22. The van der Waals surface area contributed by atoms with Crippen molar-refractivity contribution in [1.29, 1.82) is 0 Å². The molecule has 2 N–H and O–H groups in total. The van der Waals surface area contributed by atoms with Crippen molar-refractivity contribution in [3.63, 3.8) is 0 Å². The number of hydrogen-bond acceptors (Lipinski definition) is 3. The Morgan fingerprint density at radius 2 is 1.95 bits per heavy atom. The third kappa shape index (κ3) is 10.1. The van der Waals surface area contributed by atoms with Crippen LogP contribution in [0.2, 0.25) is 0 Å². The molecule has 0 aromatic rings. The van der Waals surface area contributed by atoms with Crippen LogP contribution in [-0.4, -0.2) is 54.9 Å². The zero-order valence-electron chi connectivity index (χ0n) is 13.7. The minimum Gasteiger partial charge on any atom is -0.481 e. The zero-order valence-corrected chi connectivity index (χ0v) is 13.7. The fourth-order valence-electron chi connectivity index (χ4n) is 2.22. The van der Waals surface area contributed by atoms with Gasteiger partial charge in [-0.2, -0.15) is 0 Å². The second-order valence-electron chi connectivity index (χ2n) is 5.56. The van der Waals surface area contributed by atoms with Crippen molar-refractivity contribution in [3.8, 4) is 0 Å². The van der Waals surface area contributed by atoms with E-state index in [0.29, 0.717) is 38.8 Å². The lowest BCUT2D eigenvalue weighted by molar-refractivity contribution is -0.138. The normalized spacial score (nSPS) is 12.2. The molecule has 6 heteroatoms. The minimum absolute atomic E-state index is 0.0305. The topological polar surface area (TPSA) is 78.9 Å². The number of carbonyl (C=O) groups is 2. The summed E-state index contributed by atoms with van der Waals surface area (Å²) >= 11 is 0. The average molecular weight is 302 g/mol. The Morgan fingerprint density at radius 3 is 2.43 bits per heavy atom. The standard InChI is InChI=1S/C15H30N2O4/c1-5-17(7-8-21-6-2)15(20)16-11-13(9-12(3)4)10-14(18)19/h12-13H,5-11H2,1-4H3,(H,16,20)(H,18,19)/t13-/m0/s1. The van der Waals surface area contributed by atoms with Crippen LogP contribution >= 0.6 is 0 Å². The summed E-state index contributed by atoms with van der Waals surface area (Å²) in [5, 5.41) is 11.8. The number of carboxylic acids is 1. The number of ether oxygens (including phenoxy) is 1. The van der Waals surface area contributed by atoms with Gasteiger partial charge in [0.15, 0.2) is 0 Å². The first kappa shape index (κ1) is 19.7. The number of nitrogens with one attached hydrogen (secondary N) is 1. The van der Waals surface area contributed by atoms with Gasteiger partial charge < -0.3 is 20.1 Å². The highest BCUT2D eigenvalue weighted by Gasteiger charge is 2.18. The van der Waals surface area contributed by atoms with Crippen LogP contribution in [0.1, 0.15) is 40.5 Å². The van der Waals surface area contributed by atoms with E-state index in [4.69, 9.17) is 9.84 Å². The van der Waals surface area contributed by atoms with Crippen LogP contribution in [0, 0.1) is 11.8 Å². The smallest absolute Gasteiger partial charge is 0.317 e. The van der Waals surface area contributed by atoms with Gasteiger partial charge >= 0.3 is 12.0 Å². The Labute approximate surface area is 127 Å². The maximum absolute atomic E-state index is 12.1. The predicted octanol–water partition coefficient (Wildman–Crippen LogP) is 2.19. The van der Waals surface area contributed by atoms with Gasteiger partial charge in [-0.15, -0.1) is 0 Å². The van der Waals surface area contributed by atoms with Gasteiger partial charge in [0.1, 0.15) is 0 Å². The number of carbonyl (C=O) groups excluding carboxylic acids is 1. The first-order valence-corrected chi connectivity index (χ1v) is 7.72. The molecule has 0 radical (unpaired) electrons. The molecule has 0 fully saturated rings. The molecule has 2 amide bonds. The van der Waals surface area contributed by atoms with Gasteiger partial charge in [-0.05, 0) is 32.1 Å². The highest BCUT2D eigenvalue weighted by atomic mass is 16.5. The molecule has 0 rings (SSSR count). The molecule has 0 aromatic carbocycles. The lowest BCUT2D eigenvalue weighted by Crippen LogP contribution is -2.43. The molecule has 6 nitrogen and oxygen atoms in total. The van der Waals surface area contributed by atoms with E-state index < -0.39 is 5.97 Å². The molecule has 0 spiro atoms.